The maximum absolute atomic E-state index is 12.2. The number of fused-ring (bicyclic) bond motifs is 1. The maximum atomic E-state index is 12.2. The van der Waals surface area contributed by atoms with Crippen LogP contribution in [0.5, 0.6) is 0 Å². The summed E-state index contributed by atoms with van der Waals surface area (Å²) in [5, 5.41) is 7.67. The molecule has 0 atom stereocenters. The number of aryl methyl sites for hydroxylation is 2. The molecule has 148 valence electrons. The fourth-order valence-electron chi connectivity index (χ4n) is 2.75. The van der Waals surface area contributed by atoms with Crippen LogP contribution in [0.3, 0.4) is 0 Å². The van der Waals surface area contributed by atoms with Gasteiger partial charge in [0.25, 0.3) is 0 Å². The van der Waals surface area contributed by atoms with Gasteiger partial charge in [-0.1, -0.05) is 45.0 Å². The highest BCUT2D eigenvalue weighted by Crippen LogP contribution is 2.22. The molecule has 4 rings (SSSR count). The number of aromatic nitrogens is 4. The summed E-state index contributed by atoms with van der Waals surface area (Å²) in [5.74, 6) is 1.47. The van der Waals surface area contributed by atoms with Crippen LogP contribution in [0, 0.1) is 6.92 Å². The van der Waals surface area contributed by atoms with Gasteiger partial charge in [0.1, 0.15) is 0 Å². The van der Waals surface area contributed by atoms with Gasteiger partial charge in [-0.25, -0.2) is 4.98 Å². The molecule has 4 aromatic rings. The molecule has 7 nitrogen and oxygen atoms in total. The van der Waals surface area contributed by atoms with E-state index in [-0.39, 0.29) is 12.3 Å². The number of halogens is 1. The van der Waals surface area contributed by atoms with Crippen LogP contribution >= 0.6 is 27.7 Å². The number of nitrogens with one attached hydrogen (secondary N) is 2. The van der Waals surface area contributed by atoms with Crippen LogP contribution in [0.4, 0.5) is 5.69 Å². The average molecular weight is 472 g/mol. The molecular formula is C20H18BrN5O2S. The van der Waals surface area contributed by atoms with Gasteiger partial charge in [-0.15, -0.1) is 0 Å². The zero-order chi connectivity index (χ0) is 20.2. The van der Waals surface area contributed by atoms with E-state index >= 15 is 0 Å². The van der Waals surface area contributed by atoms with Crippen molar-refractivity contribution in [2.45, 2.75) is 30.7 Å². The van der Waals surface area contributed by atoms with Crippen LogP contribution in [0.25, 0.3) is 11.0 Å². The summed E-state index contributed by atoms with van der Waals surface area (Å²) in [4.78, 5) is 24.3. The molecule has 0 fully saturated rings. The second kappa shape index (κ2) is 8.79. The Morgan fingerprint density at radius 1 is 1.24 bits per heavy atom. The lowest BCUT2D eigenvalue weighted by atomic mass is 10.2. The lowest BCUT2D eigenvalue weighted by molar-refractivity contribution is -0.116. The predicted octanol–water partition coefficient (Wildman–Crippen LogP) is 4.88. The van der Waals surface area contributed by atoms with Gasteiger partial charge in [0.05, 0.1) is 16.8 Å². The molecule has 0 aliphatic carbocycles. The predicted molar refractivity (Wildman–Crippen MR) is 116 cm³/mol. The Bertz CT molecular complexity index is 1120. The number of nitrogens with zero attached hydrogens (tertiary/aromatic N) is 3. The van der Waals surface area contributed by atoms with Gasteiger partial charge in [-0.3, -0.25) is 4.79 Å². The summed E-state index contributed by atoms with van der Waals surface area (Å²) in [6, 6.07) is 13.6. The van der Waals surface area contributed by atoms with Crippen molar-refractivity contribution in [3.63, 3.8) is 0 Å². The van der Waals surface area contributed by atoms with Gasteiger partial charge in [0.2, 0.25) is 11.8 Å². The monoisotopic (exact) mass is 471 g/mol. The summed E-state index contributed by atoms with van der Waals surface area (Å²) in [7, 11) is 0. The van der Waals surface area contributed by atoms with E-state index in [1.54, 1.807) is 0 Å². The van der Waals surface area contributed by atoms with E-state index in [0.29, 0.717) is 23.9 Å². The highest BCUT2D eigenvalue weighted by atomic mass is 79.9. The molecule has 0 unspecified atom stereocenters. The van der Waals surface area contributed by atoms with Gasteiger partial charge in [-0.2, -0.15) is 4.98 Å². The molecule has 0 radical (unpaired) electrons. The number of H-pyrrole nitrogens is 1. The van der Waals surface area contributed by atoms with E-state index in [1.165, 1.54) is 11.8 Å². The van der Waals surface area contributed by atoms with Crippen LogP contribution in [-0.4, -0.2) is 26.0 Å². The molecule has 0 saturated carbocycles. The number of aromatic amines is 1. The van der Waals surface area contributed by atoms with Crippen molar-refractivity contribution in [3.05, 3.63) is 64.2 Å². The fourth-order valence-corrected chi connectivity index (χ4v) is 3.72. The van der Waals surface area contributed by atoms with Crippen LogP contribution in [0.15, 0.2) is 56.6 Å². The molecule has 9 heteroatoms. The number of imidazole rings is 1. The Morgan fingerprint density at radius 2 is 2.10 bits per heavy atom. The molecule has 0 saturated heterocycles. The van der Waals surface area contributed by atoms with E-state index in [4.69, 9.17) is 4.52 Å². The van der Waals surface area contributed by atoms with Crippen molar-refractivity contribution < 1.29 is 9.32 Å². The SMILES string of the molecule is Cc1cc(NC(=O)CCc2nc(CSc3nc4ccccc4[nH]3)no2)ccc1Br. The normalized spacial score (nSPS) is 11.1. The number of anilines is 1. The first-order valence-electron chi connectivity index (χ1n) is 9.02. The summed E-state index contributed by atoms with van der Waals surface area (Å²) >= 11 is 4.95. The van der Waals surface area contributed by atoms with E-state index in [1.807, 2.05) is 49.4 Å². The first kappa shape index (κ1) is 19.7. The number of para-hydroxylation sites is 2. The fraction of sp³-hybridized carbons (Fsp3) is 0.200. The van der Waals surface area contributed by atoms with Gasteiger partial charge < -0.3 is 14.8 Å². The van der Waals surface area contributed by atoms with E-state index in [2.05, 4.69) is 41.4 Å². The molecule has 0 spiro atoms. The third-order valence-electron chi connectivity index (χ3n) is 4.22. The molecule has 1 amide bonds. The second-order valence-corrected chi connectivity index (χ2v) is 8.28. The zero-order valence-corrected chi connectivity index (χ0v) is 18.0. The van der Waals surface area contributed by atoms with E-state index < -0.39 is 0 Å². The number of thioether (sulfide) groups is 1. The van der Waals surface area contributed by atoms with Crippen molar-refractivity contribution >= 4 is 50.3 Å². The molecule has 2 aromatic heterocycles. The van der Waals surface area contributed by atoms with Crippen LogP contribution in [0.1, 0.15) is 23.7 Å². The highest BCUT2D eigenvalue weighted by molar-refractivity contribution is 9.10. The molecule has 0 aliphatic rings. The molecule has 0 bridgehead atoms. The van der Waals surface area contributed by atoms with Crippen molar-refractivity contribution in [2.24, 2.45) is 0 Å². The minimum atomic E-state index is -0.0943. The van der Waals surface area contributed by atoms with Crippen LogP contribution in [-0.2, 0) is 17.0 Å². The molecular weight excluding hydrogens is 454 g/mol. The second-order valence-electron chi connectivity index (χ2n) is 6.46. The molecule has 2 aromatic carbocycles. The Hall–Kier alpha value is -2.65. The number of rotatable bonds is 7. The minimum absolute atomic E-state index is 0.0943. The van der Waals surface area contributed by atoms with Gasteiger partial charge in [0.15, 0.2) is 11.0 Å². The number of hydrogen-bond acceptors (Lipinski definition) is 6. The Kier molecular flexibility index (Phi) is 5.96. The molecule has 2 heterocycles. The topological polar surface area (TPSA) is 96.7 Å². The van der Waals surface area contributed by atoms with Gasteiger partial charge >= 0.3 is 0 Å². The van der Waals surface area contributed by atoms with Crippen molar-refractivity contribution in [2.75, 3.05) is 5.32 Å². The third kappa shape index (κ3) is 5.04. The van der Waals surface area contributed by atoms with E-state index in [9.17, 15) is 4.79 Å². The third-order valence-corrected chi connectivity index (χ3v) is 5.98. The highest BCUT2D eigenvalue weighted by Gasteiger charge is 2.11. The summed E-state index contributed by atoms with van der Waals surface area (Å²) in [6.07, 6.45) is 0.664. The molecule has 0 aliphatic heterocycles. The van der Waals surface area contributed by atoms with Gasteiger partial charge in [-0.05, 0) is 42.8 Å². The lowest BCUT2D eigenvalue weighted by Crippen LogP contribution is -2.12. The quantitative estimate of drug-likeness (QED) is 0.372. The summed E-state index contributed by atoms with van der Waals surface area (Å²) < 4.78 is 6.26. The van der Waals surface area contributed by atoms with Crippen LogP contribution < -0.4 is 5.32 Å². The number of carbonyl (C=O) groups is 1. The van der Waals surface area contributed by atoms with Crippen molar-refractivity contribution in [1.29, 1.82) is 0 Å². The maximum Gasteiger partial charge on any atom is 0.227 e. The Morgan fingerprint density at radius 3 is 2.93 bits per heavy atom. The Labute approximate surface area is 179 Å². The van der Waals surface area contributed by atoms with Gasteiger partial charge in [0, 0.05) is 23.0 Å². The molecule has 29 heavy (non-hydrogen) atoms. The number of benzene rings is 2. The number of amides is 1. The largest absolute Gasteiger partial charge is 0.339 e. The zero-order valence-electron chi connectivity index (χ0n) is 15.6. The van der Waals surface area contributed by atoms with Crippen molar-refractivity contribution in [1.82, 2.24) is 20.1 Å². The first-order valence-corrected chi connectivity index (χ1v) is 10.8. The smallest absolute Gasteiger partial charge is 0.227 e. The van der Waals surface area contributed by atoms with Crippen molar-refractivity contribution in [3.8, 4) is 0 Å². The number of carbonyl (C=O) groups excluding carboxylic acids is 1. The van der Waals surface area contributed by atoms with Crippen LogP contribution in [0.2, 0.25) is 0 Å². The molecule has 2 N–H and O–H groups in total. The summed E-state index contributed by atoms with van der Waals surface area (Å²) in [6.45, 7) is 1.98. The standard InChI is InChI=1S/C20H18BrN5O2S/c1-12-10-13(6-7-14(12)21)22-18(27)8-9-19-25-17(26-28-19)11-29-20-23-15-4-2-3-5-16(15)24-20/h2-7,10H,8-9,11H2,1H3,(H,22,27)(H,23,24). The summed E-state index contributed by atoms with van der Waals surface area (Å²) in [5.41, 5.74) is 3.75. The average Bonchev–Trinajstić information content (AvgIpc) is 3.34. The number of hydrogen-bond donors (Lipinski definition) is 2. The lowest BCUT2D eigenvalue weighted by Gasteiger charge is -2.06. The Balaban J connectivity index is 1.27. The van der Waals surface area contributed by atoms with E-state index in [0.717, 1.165) is 31.9 Å². The minimum Gasteiger partial charge on any atom is -0.339 e. The first-order chi connectivity index (χ1) is 14.1.